The van der Waals surface area contributed by atoms with E-state index >= 15 is 0 Å². The van der Waals surface area contributed by atoms with Gasteiger partial charge in [-0.25, -0.2) is 5.57 Å². The van der Waals surface area contributed by atoms with Gasteiger partial charge in [0.25, 0.3) is 0 Å². The summed E-state index contributed by atoms with van der Waals surface area (Å²) in [6.07, 6.45) is 8.41. The van der Waals surface area contributed by atoms with E-state index in [1.165, 1.54) is 24.8 Å². The predicted molar refractivity (Wildman–Crippen MR) is 58.4 cm³/mol. The molecule has 0 saturated heterocycles. The Bertz CT molecular complexity index is 247. The summed E-state index contributed by atoms with van der Waals surface area (Å²) in [6, 6.07) is 0. The molecule has 1 rings (SSSR count). The van der Waals surface area contributed by atoms with Crippen molar-refractivity contribution < 1.29 is 58.9 Å². The largest absolute Gasteiger partial charge is 4.00 e. The van der Waals surface area contributed by atoms with E-state index in [0.717, 1.165) is 6.42 Å². The molecule has 0 aromatic heterocycles. The number of halogens is 3. The quantitative estimate of drug-likeness (QED) is 0.359. The average molecular weight is 332 g/mol. The fourth-order valence-electron chi connectivity index (χ4n) is 2.35. The van der Waals surface area contributed by atoms with E-state index in [1.54, 1.807) is 11.1 Å². The van der Waals surface area contributed by atoms with Crippen LogP contribution in [0.2, 0.25) is 0 Å². The second-order valence-corrected chi connectivity index (χ2v) is 3.65. The third-order valence-corrected chi connectivity index (χ3v) is 3.02. The Kier molecular flexibility index (Phi) is 21.1. The Balaban J connectivity index is -0.000000211. The van der Waals surface area contributed by atoms with Gasteiger partial charge in [-0.2, -0.15) is 11.1 Å². The maximum atomic E-state index is 3.63. The van der Waals surface area contributed by atoms with Gasteiger partial charge in [0.15, 0.2) is 0 Å². The van der Waals surface area contributed by atoms with Crippen molar-refractivity contribution in [3.63, 3.8) is 0 Å². The van der Waals surface area contributed by atoms with Crippen LogP contribution in [0.15, 0.2) is 16.7 Å². The standard InChI is InChI=1S/C13H21.3ClH.Ti/c1-5-10-9-11(6-2)13(8-4)12(10)7-3;;;;/h10H,5-8H2,1-4H3;3*1H;/q-1;;;;+4/p-3. The van der Waals surface area contributed by atoms with E-state index in [9.17, 15) is 0 Å². The minimum Gasteiger partial charge on any atom is -1.00 e. The van der Waals surface area contributed by atoms with E-state index < -0.39 is 0 Å². The van der Waals surface area contributed by atoms with Crippen molar-refractivity contribution in [3.8, 4) is 0 Å². The van der Waals surface area contributed by atoms with Gasteiger partial charge in [0.2, 0.25) is 0 Å². The molecule has 0 spiro atoms. The molecule has 98 valence electrons. The van der Waals surface area contributed by atoms with Gasteiger partial charge in [0.05, 0.1) is 0 Å². The zero-order chi connectivity index (χ0) is 9.84. The van der Waals surface area contributed by atoms with Crippen molar-refractivity contribution in [1.29, 1.82) is 0 Å². The Morgan fingerprint density at radius 3 is 1.71 bits per heavy atom. The van der Waals surface area contributed by atoms with Gasteiger partial charge >= 0.3 is 21.7 Å². The third-order valence-electron chi connectivity index (χ3n) is 3.02. The van der Waals surface area contributed by atoms with Crippen LogP contribution in [0, 0.1) is 12.0 Å². The molecule has 0 bridgehead atoms. The van der Waals surface area contributed by atoms with Gasteiger partial charge in [-0.15, -0.1) is 0 Å². The molecule has 0 heterocycles. The van der Waals surface area contributed by atoms with E-state index in [0.29, 0.717) is 5.92 Å². The topological polar surface area (TPSA) is 0 Å². The van der Waals surface area contributed by atoms with Crippen molar-refractivity contribution in [2.24, 2.45) is 5.92 Å². The minimum absolute atomic E-state index is 0. The van der Waals surface area contributed by atoms with Crippen molar-refractivity contribution >= 4 is 0 Å². The predicted octanol–water partition coefficient (Wildman–Crippen LogP) is -4.71. The molecule has 17 heavy (non-hydrogen) atoms. The molecule has 0 radical (unpaired) electrons. The van der Waals surface area contributed by atoms with Crippen LogP contribution < -0.4 is 37.2 Å². The molecule has 0 nitrogen and oxygen atoms in total. The van der Waals surface area contributed by atoms with Crippen LogP contribution in [0.3, 0.4) is 0 Å². The van der Waals surface area contributed by atoms with E-state index in [1.807, 2.05) is 0 Å². The van der Waals surface area contributed by atoms with Gasteiger partial charge in [-0.3, -0.25) is 6.08 Å². The van der Waals surface area contributed by atoms with Crippen LogP contribution >= 0.6 is 0 Å². The average Bonchev–Trinajstić information content (AvgIpc) is 2.54. The number of hydrogen-bond acceptors (Lipinski definition) is 0. The summed E-state index contributed by atoms with van der Waals surface area (Å²) in [5, 5.41) is 0. The third kappa shape index (κ3) is 6.16. The van der Waals surface area contributed by atoms with Crippen LogP contribution in [0.4, 0.5) is 0 Å². The summed E-state index contributed by atoms with van der Waals surface area (Å²) in [6.45, 7) is 9.04. The molecule has 0 amide bonds. The first kappa shape index (κ1) is 26.6. The normalized spacial score (nSPS) is 17.2. The summed E-state index contributed by atoms with van der Waals surface area (Å²) in [5.74, 6) is 0.634. The molecule has 0 saturated carbocycles. The number of allylic oxidation sites excluding steroid dienone is 4. The molecule has 1 aliphatic carbocycles. The summed E-state index contributed by atoms with van der Waals surface area (Å²) in [4.78, 5) is 0. The van der Waals surface area contributed by atoms with Crippen LogP contribution in [-0.4, -0.2) is 0 Å². The van der Waals surface area contributed by atoms with Gasteiger partial charge in [0.1, 0.15) is 0 Å². The maximum absolute atomic E-state index is 3.63. The first-order chi connectivity index (χ1) is 6.28. The van der Waals surface area contributed by atoms with Gasteiger partial charge in [-0.05, 0) is 0 Å². The zero-order valence-corrected chi connectivity index (χ0v) is 14.9. The minimum atomic E-state index is 0. The molecule has 1 aliphatic rings. The van der Waals surface area contributed by atoms with E-state index in [2.05, 4.69) is 33.8 Å². The molecule has 0 fully saturated rings. The Morgan fingerprint density at radius 2 is 1.41 bits per heavy atom. The summed E-state index contributed by atoms with van der Waals surface area (Å²) >= 11 is 0. The van der Waals surface area contributed by atoms with Gasteiger partial charge in [0, 0.05) is 0 Å². The zero-order valence-electron chi connectivity index (χ0n) is 11.0. The molecule has 4 heteroatoms. The van der Waals surface area contributed by atoms with Gasteiger partial charge < -0.3 is 37.2 Å². The monoisotopic (exact) mass is 330 g/mol. The van der Waals surface area contributed by atoms with Crippen molar-refractivity contribution in [1.82, 2.24) is 0 Å². The first-order valence-electron chi connectivity index (χ1n) is 5.62. The smallest absolute Gasteiger partial charge is 1.00 e. The maximum Gasteiger partial charge on any atom is 4.00 e. The second kappa shape index (κ2) is 13.5. The second-order valence-electron chi connectivity index (χ2n) is 3.65. The Hall–Kier alpha value is 1.06. The van der Waals surface area contributed by atoms with Crippen molar-refractivity contribution in [2.45, 2.75) is 53.4 Å². The number of hydrogen-bond donors (Lipinski definition) is 0. The molecular formula is C13H21Cl3Ti. The van der Waals surface area contributed by atoms with Crippen LogP contribution in [0.1, 0.15) is 53.4 Å². The van der Waals surface area contributed by atoms with Crippen LogP contribution in [0.5, 0.6) is 0 Å². The summed E-state index contributed by atoms with van der Waals surface area (Å²) in [7, 11) is 0. The fraction of sp³-hybridized carbons (Fsp3) is 0.692. The molecule has 1 unspecified atom stereocenters. The van der Waals surface area contributed by atoms with Crippen LogP contribution in [0.25, 0.3) is 0 Å². The van der Waals surface area contributed by atoms with Crippen molar-refractivity contribution in [3.05, 3.63) is 22.8 Å². The van der Waals surface area contributed by atoms with Gasteiger partial charge in [-0.1, -0.05) is 59.3 Å². The Morgan fingerprint density at radius 1 is 0.882 bits per heavy atom. The first-order valence-corrected chi connectivity index (χ1v) is 5.62. The molecule has 1 atom stereocenters. The number of rotatable bonds is 4. The van der Waals surface area contributed by atoms with Crippen LogP contribution in [-0.2, 0) is 21.7 Å². The fourth-order valence-corrected chi connectivity index (χ4v) is 2.35. The summed E-state index contributed by atoms with van der Waals surface area (Å²) < 4.78 is 0. The molecule has 0 N–H and O–H groups in total. The van der Waals surface area contributed by atoms with E-state index in [-0.39, 0.29) is 58.9 Å². The molecule has 0 aromatic rings. The van der Waals surface area contributed by atoms with Crippen molar-refractivity contribution in [2.75, 3.05) is 0 Å². The molecular weight excluding hydrogens is 310 g/mol. The summed E-state index contributed by atoms with van der Waals surface area (Å²) in [5.41, 5.74) is 4.75. The SMILES string of the molecule is CCC1=[C-]C(CC)C(CC)=C1CC.[Cl-].[Cl-].[Cl-].[Ti+4]. The molecule has 0 aromatic carbocycles. The Labute approximate surface area is 140 Å². The molecule has 0 aliphatic heterocycles. The van der Waals surface area contributed by atoms with E-state index in [4.69, 9.17) is 0 Å².